The number of alkyl halides is 6. The first-order valence-corrected chi connectivity index (χ1v) is 14.6. The van der Waals surface area contributed by atoms with E-state index in [1.165, 1.54) is 0 Å². The van der Waals surface area contributed by atoms with Crippen LogP contribution in [0.1, 0.15) is 24.7 Å². The molecule has 0 aliphatic carbocycles. The van der Waals surface area contributed by atoms with Gasteiger partial charge in [0.2, 0.25) is 0 Å². The number of carboxylic acid groups (broad SMARTS) is 2. The Labute approximate surface area is 278 Å². The van der Waals surface area contributed by atoms with Crippen LogP contribution in [0.25, 0.3) is 28.1 Å². The fraction of sp³-hybridized carbons (Fsp3) is 0.333. The van der Waals surface area contributed by atoms with Crippen LogP contribution < -0.4 is 0 Å². The molecule has 5 aromatic rings. The van der Waals surface area contributed by atoms with Gasteiger partial charge in [-0.15, -0.1) is 10.2 Å². The van der Waals surface area contributed by atoms with Crippen LogP contribution in [0.15, 0.2) is 54.7 Å². The summed E-state index contributed by atoms with van der Waals surface area (Å²) >= 11 is 6.30. The molecule has 0 amide bonds. The Kier molecular flexibility index (Phi) is 10.6. The first-order valence-electron chi connectivity index (χ1n) is 14.2. The van der Waals surface area contributed by atoms with E-state index in [9.17, 15) is 31.6 Å². The lowest BCUT2D eigenvalue weighted by Gasteiger charge is -2.48. The highest BCUT2D eigenvalue weighted by Crippen LogP contribution is 2.35. The van der Waals surface area contributed by atoms with Crippen molar-refractivity contribution >= 4 is 40.2 Å². The van der Waals surface area contributed by atoms with Crippen LogP contribution in [0.5, 0.6) is 0 Å². The highest BCUT2D eigenvalue weighted by atomic mass is 35.5. The number of benzene rings is 1. The summed E-state index contributed by atoms with van der Waals surface area (Å²) in [6.45, 7) is 7.40. The summed E-state index contributed by atoms with van der Waals surface area (Å²) in [5.74, 6) is -4.68. The van der Waals surface area contributed by atoms with Crippen molar-refractivity contribution in [2.75, 3.05) is 19.6 Å². The minimum absolute atomic E-state index is 0.273. The van der Waals surface area contributed by atoms with Gasteiger partial charge in [0.15, 0.2) is 5.65 Å². The molecule has 2 N–H and O–H groups in total. The second kappa shape index (κ2) is 14.1. The Hall–Kier alpha value is -5.15. The molecule has 1 aromatic carbocycles. The Morgan fingerprint density at radius 3 is 2.16 bits per heavy atom. The zero-order valence-corrected chi connectivity index (χ0v) is 26.4. The molecule has 4 aromatic heterocycles. The van der Waals surface area contributed by atoms with Crippen molar-refractivity contribution in [3.8, 4) is 17.5 Å². The summed E-state index contributed by atoms with van der Waals surface area (Å²) < 4.78 is 69.8. The second-order valence-corrected chi connectivity index (χ2v) is 11.3. The first kappa shape index (κ1) is 36.7. The topological polar surface area (TPSA) is 155 Å². The largest absolute Gasteiger partial charge is 0.490 e. The van der Waals surface area contributed by atoms with Gasteiger partial charge in [-0.3, -0.25) is 14.0 Å². The molecule has 0 radical (unpaired) electrons. The molecular weight excluding hydrogens is 686 g/mol. The number of aliphatic carboxylic acids is 2. The minimum atomic E-state index is -5.08. The molecular formula is C30H27ClF6N8O4. The number of carboxylic acids is 2. The average Bonchev–Trinajstić information content (AvgIpc) is 3.72. The number of likely N-dealkylation sites (N-methyl/N-ethyl adjacent to an activating group) is 1. The molecule has 1 aliphatic rings. The summed E-state index contributed by atoms with van der Waals surface area (Å²) in [7, 11) is 0. The van der Waals surface area contributed by atoms with Gasteiger partial charge in [-0.25, -0.2) is 9.59 Å². The van der Waals surface area contributed by atoms with E-state index in [2.05, 4.69) is 55.3 Å². The van der Waals surface area contributed by atoms with Gasteiger partial charge in [0.05, 0.1) is 29.2 Å². The molecule has 0 saturated carbocycles. The Morgan fingerprint density at radius 1 is 0.980 bits per heavy atom. The molecule has 12 nitrogen and oxygen atoms in total. The van der Waals surface area contributed by atoms with Crippen molar-refractivity contribution in [2.45, 2.75) is 44.7 Å². The molecule has 0 unspecified atom stereocenters. The van der Waals surface area contributed by atoms with Gasteiger partial charge >= 0.3 is 24.3 Å². The Bertz CT molecular complexity index is 2000. The number of fused-ring (bicyclic) bond motifs is 3. The first-order chi connectivity index (χ1) is 22.9. The highest BCUT2D eigenvalue weighted by molar-refractivity contribution is 6.30. The smallest absolute Gasteiger partial charge is 0.475 e. The van der Waals surface area contributed by atoms with Crippen LogP contribution in [0.3, 0.4) is 0 Å². The molecule has 0 bridgehead atoms. The van der Waals surface area contributed by atoms with Crippen molar-refractivity contribution < 1.29 is 46.1 Å². The van der Waals surface area contributed by atoms with Crippen LogP contribution in [0.2, 0.25) is 5.02 Å². The van der Waals surface area contributed by atoms with Gasteiger partial charge in [-0.05, 0) is 55.4 Å². The van der Waals surface area contributed by atoms with Crippen LogP contribution in [0, 0.1) is 18.3 Å². The minimum Gasteiger partial charge on any atom is -0.475 e. The molecule has 1 fully saturated rings. The molecule has 6 rings (SSSR count). The monoisotopic (exact) mass is 712 g/mol. The Morgan fingerprint density at radius 2 is 1.61 bits per heavy atom. The summed E-state index contributed by atoms with van der Waals surface area (Å²) in [6.07, 6.45) is -7.71. The van der Waals surface area contributed by atoms with E-state index < -0.39 is 24.3 Å². The normalized spacial score (nSPS) is 14.3. The summed E-state index contributed by atoms with van der Waals surface area (Å²) in [5, 5.41) is 38.1. The molecule has 1 saturated heterocycles. The van der Waals surface area contributed by atoms with Crippen molar-refractivity contribution in [3.63, 3.8) is 0 Å². The van der Waals surface area contributed by atoms with Gasteiger partial charge in [-0.2, -0.15) is 36.7 Å². The summed E-state index contributed by atoms with van der Waals surface area (Å²) in [4.78, 5) is 20.1. The standard InChI is InChI=1S/C26H25ClN8.2C2HF3O2/c1-3-32-16-26(17-32,10-11-28)34-12-9-21(31-34)23-14-24-22(7-8-25-30-29-18(2)35(24)25)33(23)15-19-5-4-6-20(27)13-19;2*3-2(4,5)1(6)7/h4-9,12-14H,3,10,15-17H2,1-2H3;2*(H,6,7). The molecule has 5 heterocycles. The second-order valence-electron chi connectivity index (χ2n) is 10.9. The number of hydrogen-bond donors (Lipinski definition) is 2. The maximum atomic E-state index is 10.6. The predicted octanol–water partition coefficient (Wildman–Crippen LogP) is 5.77. The highest BCUT2D eigenvalue weighted by Gasteiger charge is 2.44. The van der Waals surface area contributed by atoms with Gasteiger partial charge in [0.25, 0.3) is 0 Å². The van der Waals surface area contributed by atoms with Crippen molar-refractivity contribution in [1.82, 2.24) is 33.8 Å². The van der Waals surface area contributed by atoms with Crippen LogP contribution in [-0.4, -0.2) is 88.0 Å². The van der Waals surface area contributed by atoms with E-state index in [4.69, 9.17) is 36.5 Å². The van der Waals surface area contributed by atoms with E-state index in [1.54, 1.807) is 0 Å². The third-order valence-corrected chi connectivity index (χ3v) is 7.78. The molecule has 19 heteroatoms. The van der Waals surface area contributed by atoms with Crippen LogP contribution in [0.4, 0.5) is 26.3 Å². The van der Waals surface area contributed by atoms with Crippen molar-refractivity contribution in [3.05, 3.63) is 71.1 Å². The third-order valence-electron chi connectivity index (χ3n) is 7.54. The van der Waals surface area contributed by atoms with Crippen molar-refractivity contribution in [1.29, 1.82) is 5.26 Å². The SMILES string of the molecule is CCN1CC(CC#N)(n2ccc(-c3cc4c(ccc5nnc(C)n54)n3Cc3cccc(Cl)c3)n2)C1.O=C(O)C(F)(F)F.O=C(O)C(F)(F)F. The lowest BCUT2D eigenvalue weighted by molar-refractivity contribution is -0.193. The fourth-order valence-electron chi connectivity index (χ4n) is 5.26. The van der Waals surface area contributed by atoms with E-state index in [0.29, 0.717) is 18.0 Å². The maximum Gasteiger partial charge on any atom is 0.490 e. The number of nitrogens with zero attached hydrogens (tertiary/aromatic N) is 8. The quantitative estimate of drug-likeness (QED) is 0.209. The van der Waals surface area contributed by atoms with Crippen LogP contribution >= 0.6 is 11.6 Å². The van der Waals surface area contributed by atoms with E-state index in [-0.39, 0.29) is 5.54 Å². The maximum absolute atomic E-state index is 10.6. The zero-order chi connectivity index (χ0) is 36.3. The van der Waals surface area contributed by atoms with Gasteiger partial charge in [0, 0.05) is 30.9 Å². The van der Waals surface area contributed by atoms with E-state index in [0.717, 1.165) is 59.1 Å². The van der Waals surface area contributed by atoms with Crippen LogP contribution in [-0.2, 0) is 21.7 Å². The number of rotatable bonds is 6. The number of aromatic nitrogens is 6. The number of nitriles is 1. The molecule has 260 valence electrons. The van der Waals surface area contributed by atoms with E-state index in [1.807, 2.05) is 48.1 Å². The average molecular weight is 713 g/mol. The molecule has 1 aliphatic heterocycles. The predicted molar refractivity (Wildman–Crippen MR) is 163 cm³/mol. The fourth-order valence-corrected chi connectivity index (χ4v) is 5.47. The van der Waals surface area contributed by atoms with Gasteiger partial charge in [0.1, 0.15) is 17.1 Å². The summed E-state index contributed by atoms with van der Waals surface area (Å²) in [6, 6.07) is 18.6. The third kappa shape index (κ3) is 8.12. The number of carbonyl (C=O) groups is 2. The number of pyridine rings is 1. The zero-order valence-electron chi connectivity index (χ0n) is 25.7. The van der Waals surface area contributed by atoms with E-state index >= 15 is 0 Å². The molecule has 0 atom stereocenters. The van der Waals surface area contributed by atoms with Gasteiger partial charge in [-0.1, -0.05) is 30.7 Å². The lowest BCUT2D eigenvalue weighted by Crippen LogP contribution is -2.62. The van der Waals surface area contributed by atoms with Crippen molar-refractivity contribution in [2.24, 2.45) is 0 Å². The number of hydrogen-bond acceptors (Lipinski definition) is 7. The number of aryl methyl sites for hydroxylation is 1. The van der Waals surface area contributed by atoms with Gasteiger partial charge < -0.3 is 14.8 Å². The number of halogens is 7. The lowest BCUT2D eigenvalue weighted by atomic mass is 9.87. The molecule has 49 heavy (non-hydrogen) atoms. The Balaban J connectivity index is 0.000000327. The summed E-state index contributed by atoms with van der Waals surface area (Å²) in [5.41, 5.74) is 5.61. The molecule has 0 spiro atoms. The number of likely N-dealkylation sites (tertiary alicyclic amines) is 1.